The first-order chi connectivity index (χ1) is 11.9. The molecule has 1 aromatic rings. The fourth-order valence-corrected chi connectivity index (χ4v) is 5.17. The van der Waals surface area contributed by atoms with E-state index in [1.807, 2.05) is 0 Å². The predicted octanol–water partition coefficient (Wildman–Crippen LogP) is 0.571. The van der Waals surface area contributed by atoms with Crippen LogP contribution in [0.2, 0.25) is 0 Å². The molecule has 1 aromatic heterocycles. The monoisotopic (exact) mass is 433 g/mol. The lowest BCUT2D eigenvalue weighted by atomic mass is 10.3. The molecule has 0 amide bonds. The summed E-state index contributed by atoms with van der Waals surface area (Å²) in [7, 11) is -16.3. The fourth-order valence-electron chi connectivity index (χ4n) is 1.97. The SMILES string of the molecule is O=c1nc(NC2=CCCC2OP(=O)(O)OP(=O)(O)OP(=O)(O)O)cc[nH]1. The number of aromatic nitrogens is 2. The number of allylic oxidation sites excluding steroid dienone is 1. The maximum atomic E-state index is 11.8. The lowest BCUT2D eigenvalue weighted by Gasteiger charge is -2.21. The Morgan fingerprint density at radius 2 is 1.85 bits per heavy atom. The highest BCUT2D eigenvalue weighted by Gasteiger charge is 2.42. The maximum Gasteiger partial charge on any atom is 0.490 e. The minimum atomic E-state index is -5.58. The van der Waals surface area contributed by atoms with E-state index in [4.69, 9.17) is 19.2 Å². The summed E-state index contributed by atoms with van der Waals surface area (Å²) in [6.07, 6.45) is 2.34. The third-order valence-corrected chi connectivity index (χ3v) is 6.61. The van der Waals surface area contributed by atoms with Crippen LogP contribution in [0.15, 0.2) is 28.8 Å². The summed E-state index contributed by atoms with van der Waals surface area (Å²) in [4.78, 5) is 52.7. The molecule has 6 N–H and O–H groups in total. The van der Waals surface area contributed by atoms with E-state index in [2.05, 4.69) is 23.9 Å². The van der Waals surface area contributed by atoms with Crippen molar-refractivity contribution in [3.05, 3.63) is 34.5 Å². The maximum absolute atomic E-state index is 11.8. The van der Waals surface area contributed by atoms with Crippen molar-refractivity contribution < 1.29 is 46.4 Å². The lowest BCUT2D eigenvalue weighted by molar-refractivity contribution is 0.143. The van der Waals surface area contributed by atoms with Gasteiger partial charge in [0.25, 0.3) is 0 Å². The van der Waals surface area contributed by atoms with Gasteiger partial charge in [-0.05, 0) is 18.9 Å². The second-order valence-corrected chi connectivity index (χ2v) is 9.20. The topological polar surface area (TPSA) is 218 Å². The lowest BCUT2D eigenvalue weighted by Crippen LogP contribution is -2.19. The minimum absolute atomic E-state index is 0.113. The smallest absolute Gasteiger partial charge is 0.341 e. The van der Waals surface area contributed by atoms with Gasteiger partial charge in [0.1, 0.15) is 11.9 Å². The molecule has 3 atom stereocenters. The Bertz CT molecular complexity index is 892. The van der Waals surface area contributed by atoms with Crippen LogP contribution in [-0.4, -0.2) is 35.6 Å². The molecule has 0 spiro atoms. The molecule has 0 bridgehead atoms. The van der Waals surface area contributed by atoms with Gasteiger partial charge in [-0.1, -0.05) is 6.08 Å². The Labute approximate surface area is 145 Å². The number of hydrogen-bond acceptors (Lipinski definition) is 9. The Kier molecular flexibility index (Phi) is 6.36. The summed E-state index contributed by atoms with van der Waals surface area (Å²) in [6, 6.07) is 1.41. The number of phosphoric ester groups is 1. The first-order valence-electron chi connectivity index (χ1n) is 6.70. The van der Waals surface area contributed by atoms with Crippen LogP contribution in [0.1, 0.15) is 12.8 Å². The number of aromatic amines is 1. The normalized spacial score (nSPS) is 22.3. The van der Waals surface area contributed by atoms with E-state index < -0.39 is 35.3 Å². The largest absolute Gasteiger partial charge is 0.490 e. The molecule has 146 valence electrons. The van der Waals surface area contributed by atoms with E-state index >= 15 is 0 Å². The van der Waals surface area contributed by atoms with Gasteiger partial charge in [-0.3, -0.25) is 4.52 Å². The van der Waals surface area contributed by atoms with Crippen LogP contribution in [0.4, 0.5) is 5.82 Å². The third-order valence-electron chi connectivity index (χ3n) is 2.76. The predicted molar refractivity (Wildman–Crippen MR) is 84.5 cm³/mol. The molecule has 3 unspecified atom stereocenters. The molecule has 0 aliphatic heterocycles. The number of nitrogens with zero attached hydrogens (tertiary/aromatic N) is 1. The molecule has 14 nitrogen and oxygen atoms in total. The highest BCUT2D eigenvalue weighted by molar-refractivity contribution is 7.66. The molecule has 0 aromatic carbocycles. The average Bonchev–Trinajstić information content (AvgIpc) is 2.80. The minimum Gasteiger partial charge on any atom is -0.341 e. The van der Waals surface area contributed by atoms with Gasteiger partial charge in [0.05, 0.1) is 0 Å². The number of H-pyrrole nitrogens is 1. The third kappa shape index (κ3) is 6.86. The molecule has 26 heavy (non-hydrogen) atoms. The van der Waals surface area contributed by atoms with Gasteiger partial charge < -0.3 is 29.9 Å². The number of nitrogens with one attached hydrogen (secondary N) is 2. The number of hydrogen-bond donors (Lipinski definition) is 6. The zero-order chi connectivity index (χ0) is 19.6. The van der Waals surface area contributed by atoms with E-state index in [9.17, 15) is 23.4 Å². The summed E-state index contributed by atoms with van der Waals surface area (Å²) < 4.78 is 45.8. The van der Waals surface area contributed by atoms with Crippen LogP contribution >= 0.6 is 23.5 Å². The molecule has 1 heterocycles. The zero-order valence-electron chi connectivity index (χ0n) is 12.7. The van der Waals surface area contributed by atoms with E-state index in [1.54, 1.807) is 6.08 Å². The molecular weight excluding hydrogens is 419 g/mol. The van der Waals surface area contributed by atoms with Crippen molar-refractivity contribution in [2.45, 2.75) is 18.9 Å². The first kappa shape index (κ1) is 21.1. The van der Waals surface area contributed by atoms with Gasteiger partial charge in [-0.2, -0.15) is 13.6 Å². The van der Waals surface area contributed by atoms with Gasteiger partial charge in [-0.25, -0.2) is 18.5 Å². The van der Waals surface area contributed by atoms with Crippen LogP contribution in [0.3, 0.4) is 0 Å². The van der Waals surface area contributed by atoms with Crippen LogP contribution in [0.25, 0.3) is 0 Å². The van der Waals surface area contributed by atoms with Crippen molar-refractivity contribution in [3.63, 3.8) is 0 Å². The van der Waals surface area contributed by atoms with Gasteiger partial charge in [0.15, 0.2) is 0 Å². The van der Waals surface area contributed by atoms with Gasteiger partial charge in [-0.15, -0.1) is 0 Å². The Balaban J connectivity index is 2.05. The highest BCUT2D eigenvalue weighted by Crippen LogP contribution is 2.66. The second-order valence-electron chi connectivity index (χ2n) is 4.83. The van der Waals surface area contributed by atoms with Gasteiger partial charge >= 0.3 is 29.2 Å². The molecule has 2 rings (SSSR count). The molecule has 17 heteroatoms. The van der Waals surface area contributed by atoms with E-state index in [0.717, 1.165) is 0 Å². The van der Waals surface area contributed by atoms with Crippen LogP contribution < -0.4 is 11.0 Å². The van der Waals surface area contributed by atoms with E-state index in [-0.39, 0.29) is 17.9 Å². The van der Waals surface area contributed by atoms with Crippen LogP contribution in [-0.2, 0) is 26.8 Å². The Morgan fingerprint density at radius 3 is 2.46 bits per heavy atom. The van der Waals surface area contributed by atoms with Gasteiger partial charge in [0, 0.05) is 11.9 Å². The number of anilines is 1. The average molecular weight is 433 g/mol. The quantitative estimate of drug-likeness (QED) is 0.309. The van der Waals surface area contributed by atoms with Crippen molar-refractivity contribution in [2.75, 3.05) is 5.32 Å². The summed E-state index contributed by atoms with van der Waals surface area (Å²) in [5.74, 6) is 0.113. The Hall–Kier alpha value is -1.17. The number of phosphoric acid groups is 3. The Morgan fingerprint density at radius 1 is 1.15 bits per heavy atom. The fraction of sp³-hybridized carbons (Fsp3) is 0.333. The van der Waals surface area contributed by atoms with Gasteiger partial charge in [0.2, 0.25) is 0 Å². The molecule has 0 radical (unpaired) electrons. The highest BCUT2D eigenvalue weighted by atomic mass is 31.3. The molecule has 0 fully saturated rings. The summed E-state index contributed by atoms with van der Waals surface area (Å²) >= 11 is 0. The molecule has 0 saturated heterocycles. The molecule has 1 aliphatic carbocycles. The first-order valence-corrected chi connectivity index (χ1v) is 11.2. The van der Waals surface area contributed by atoms with Crippen LogP contribution in [0.5, 0.6) is 0 Å². The molecular formula is C9H14N3O11P3. The van der Waals surface area contributed by atoms with Crippen molar-refractivity contribution in [3.8, 4) is 0 Å². The molecule has 0 saturated carbocycles. The summed E-state index contributed by atoms with van der Waals surface area (Å²) in [6.45, 7) is 0. The van der Waals surface area contributed by atoms with E-state index in [0.29, 0.717) is 6.42 Å². The zero-order valence-corrected chi connectivity index (χ0v) is 15.3. The van der Waals surface area contributed by atoms with Crippen molar-refractivity contribution in [2.24, 2.45) is 0 Å². The number of rotatable bonds is 8. The van der Waals surface area contributed by atoms with Crippen molar-refractivity contribution >= 4 is 29.3 Å². The summed E-state index contributed by atoms with van der Waals surface area (Å²) in [5.41, 5.74) is -0.414. The molecule has 1 aliphatic rings. The summed E-state index contributed by atoms with van der Waals surface area (Å²) in [5, 5.41) is 2.69. The second kappa shape index (κ2) is 7.83. The van der Waals surface area contributed by atoms with Crippen molar-refractivity contribution in [1.29, 1.82) is 0 Å². The van der Waals surface area contributed by atoms with E-state index in [1.165, 1.54) is 12.3 Å². The van der Waals surface area contributed by atoms with Crippen molar-refractivity contribution in [1.82, 2.24) is 9.97 Å². The standard InChI is InChI=1S/C9H14N3O11P3/c13-9-10-5-4-8(12-9)11-6-2-1-3-7(6)21-25(17,18)23-26(19,20)22-24(14,15)16/h2,4-5,7H,1,3H2,(H,17,18)(H,19,20)(H2,14,15,16)(H2,10,11,12,13). The van der Waals surface area contributed by atoms with Crippen LogP contribution in [0, 0.1) is 0 Å².